The number of amides is 1. The van der Waals surface area contributed by atoms with E-state index in [-0.39, 0.29) is 21.5 Å². The fourth-order valence-corrected chi connectivity index (χ4v) is 3.23. The first-order chi connectivity index (χ1) is 11.2. The van der Waals surface area contributed by atoms with E-state index in [2.05, 4.69) is 10.0 Å². The van der Waals surface area contributed by atoms with Crippen molar-refractivity contribution < 1.29 is 22.7 Å². The molecule has 1 aromatic rings. The fraction of sp³-hybridized carbons (Fsp3) is 0.467. The summed E-state index contributed by atoms with van der Waals surface area (Å²) in [4.78, 5) is 23.4. The summed E-state index contributed by atoms with van der Waals surface area (Å²) in [5.41, 5.74) is -0.0115. The van der Waals surface area contributed by atoms with Gasteiger partial charge in [0.25, 0.3) is 5.91 Å². The van der Waals surface area contributed by atoms with Crippen LogP contribution in [0.4, 0.5) is 0 Å². The topological polar surface area (TPSA) is 102 Å². The summed E-state index contributed by atoms with van der Waals surface area (Å²) in [6, 6.07) is 3.71. The summed E-state index contributed by atoms with van der Waals surface area (Å²) in [5, 5.41) is 2.68. The lowest BCUT2D eigenvalue weighted by Crippen LogP contribution is -2.35. The summed E-state index contributed by atoms with van der Waals surface area (Å²) in [5.74, 6) is -1.22. The Balaban J connectivity index is 2.76. The molecule has 0 aromatic heterocycles. The standard InChI is InChI=1S/C15H21ClN2O5S/c1-4-5-10(2)18-14(19)9-23-15(20)11-6-7-12(16)13(8-11)24(21,22)17-3/h6-8,10,17H,4-5,9H2,1-3H3,(H,18,19). The van der Waals surface area contributed by atoms with Crippen LogP contribution in [0.2, 0.25) is 5.02 Å². The van der Waals surface area contributed by atoms with Crippen LogP contribution in [0.5, 0.6) is 0 Å². The second kappa shape index (κ2) is 9.00. The maximum absolute atomic E-state index is 12.0. The summed E-state index contributed by atoms with van der Waals surface area (Å²) >= 11 is 5.84. The highest BCUT2D eigenvalue weighted by atomic mass is 35.5. The van der Waals surface area contributed by atoms with Crippen molar-refractivity contribution in [2.45, 2.75) is 37.6 Å². The molecule has 0 spiro atoms. The first kappa shape index (κ1) is 20.4. The summed E-state index contributed by atoms with van der Waals surface area (Å²) in [6.07, 6.45) is 1.75. The molecule has 0 aliphatic carbocycles. The van der Waals surface area contributed by atoms with E-state index in [1.807, 2.05) is 13.8 Å². The van der Waals surface area contributed by atoms with Gasteiger partial charge in [0.15, 0.2) is 6.61 Å². The fourth-order valence-electron chi connectivity index (χ4n) is 1.98. The van der Waals surface area contributed by atoms with Crippen LogP contribution >= 0.6 is 11.6 Å². The van der Waals surface area contributed by atoms with E-state index in [4.69, 9.17) is 16.3 Å². The zero-order chi connectivity index (χ0) is 18.3. The Hall–Kier alpha value is -1.64. The molecule has 1 rings (SSSR count). The molecule has 0 fully saturated rings. The lowest BCUT2D eigenvalue weighted by atomic mass is 10.2. The minimum atomic E-state index is -3.81. The number of carbonyl (C=O) groups is 2. The number of halogens is 1. The molecule has 2 N–H and O–H groups in total. The Kier molecular flexibility index (Phi) is 7.65. The van der Waals surface area contributed by atoms with Crippen molar-refractivity contribution in [1.82, 2.24) is 10.0 Å². The average Bonchev–Trinajstić information content (AvgIpc) is 2.53. The van der Waals surface area contributed by atoms with Crippen molar-refractivity contribution >= 4 is 33.5 Å². The van der Waals surface area contributed by atoms with Gasteiger partial charge in [0, 0.05) is 6.04 Å². The molecule has 1 amide bonds. The smallest absolute Gasteiger partial charge is 0.338 e. The third kappa shape index (κ3) is 5.77. The third-order valence-electron chi connectivity index (χ3n) is 3.19. The molecule has 0 aliphatic rings. The highest BCUT2D eigenvalue weighted by Gasteiger charge is 2.19. The maximum Gasteiger partial charge on any atom is 0.338 e. The molecule has 0 radical (unpaired) electrons. The lowest BCUT2D eigenvalue weighted by Gasteiger charge is -2.13. The number of hydrogen-bond acceptors (Lipinski definition) is 5. The SMILES string of the molecule is CCCC(C)NC(=O)COC(=O)c1ccc(Cl)c(S(=O)(=O)NC)c1. The number of carbonyl (C=O) groups excluding carboxylic acids is 2. The zero-order valence-electron chi connectivity index (χ0n) is 13.8. The average molecular weight is 377 g/mol. The number of benzene rings is 1. The van der Waals surface area contributed by atoms with Gasteiger partial charge in [0.05, 0.1) is 10.6 Å². The Labute approximate surface area is 146 Å². The van der Waals surface area contributed by atoms with Crippen LogP contribution in [0.3, 0.4) is 0 Å². The molecule has 1 aromatic carbocycles. The number of esters is 1. The first-order valence-corrected chi connectivity index (χ1v) is 9.27. The van der Waals surface area contributed by atoms with Gasteiger partial charge in [-0.3, -0.25) is 4.79 Å². The minimum absolute atomic E-state index is 0.0101. The second-order valence-electron chi connectivity index (χ2n) is 5.19. The van der Waals surface area contributed by atoms with E-state index in [1.54, 1.807) is 0 Å². The van der Waals surface area contributed by atoms with Crippen molar-refractivity contribution in [1.29, 1.82) is 0 Å². The molecular weight excluding hydrogens is 356 g/mol. The zero-order valence-corrected chi connectivity index (χ0v) is 15.3. The van der Waals surface area contributed by atoms with Crippen molar-refractivity contribution in [2.24, 2.45) is 0 Å². The number of nitrogens with one attached hydrogen (secondary N) is 2. The highest BCUT2D eigenvalue weighted by molar-refractivity contribution is 7.89. The van der Waals surface area contributed by atoms with Gasteiger partial charge in [-0.2, -0.15) is 0 Å². The predicted molar refractivity (Wildman–Crippen MR) is 90.5 cm³/mol. The molecule has 24 heavy (non-hydrogen) atoms. The highest BCUT2D eigenvalue weighted by Crippen LogP contribution is 2.22. The van der Waals surface area contributed by atoms with Gasteiger partial charge in [0.2, 0.25) is 10.0 Å². The summed E-state index contributed by atoms with van der Waals surface area (Å²) in [7, 11) is -2.57. The van der Waals surface area contributed by atoms with Gasteiger partial charge in [-0.15, -0.1) is 0 Å². The predicted octanol–water partition coefficient (Wildman–Crippen LogP) is 1.71. The van der Waals surface area contributed by atoms with Crippen LogP contribution in [0, 0.1) is 0 Å². The van der Waals surface area contributed by atoms with Crippen LogP contribution in [-0.4, -0.2) is 40.0 Å². The van der Waals surface area contributed by atoms with E-state index < -0.39 is 28.5 Å². The Bertz CT molecular complexity index is 706. The second-order valence-corrected chi connectivity index (χ2v) is 7.45. The monoisotopic (exact) mass is 376 g/mol. The third-order valence-corrected chi connectivity index (χ3v) is 5.08. The Morgan fingerprint density at radius 1 is 1.33 bits per heavy atom. The number of ether oxygens (including phenoxy) is 1. The summed E-state index contributed by atoms with van der Waals surface area (Å²) < 4.78 is 30.7. The van der Waals surface area contributed by atoms with Crippen molar-refractivity contribution in [2.75, 3.05) is 13.7 Å². The number of sulfonamides is 1. The quantitative estimate of drug-likeness (QED) is 0.672. The number of rotatable bonds is 8. The Morgan fingerprint density at radius 3 is 2.58 bits per heavy atom. The lowest BCUT2D eigenvalue weighted by molar-refractivity contribution is -0.124. The van der Waals surface area contributed by atoms with Gasteiger partial charge >= 0.3 is 5.97 Å². The van der Waals surface area contributed by atoms with E-state index in [1.165, 1.54) is 19.2 Å². The Morgan fingerprint density at radius 2 is 2.00 bits per heavy atom. The van der Waals surface area contributed by atoms with E-state index >= 15 is 0 Å². The van der Waals surface area contributed by atoms with Crippen molar-refractivity contribution in [3.63, 3.8) is 0 Å². The first-order valence-electron chi connectivity index (χ1n) is 7.40. The van der Waals surface area contributed by atoms with Crippen LogP contribution in [0.25, 0.3) is 0 Å². The van der Waals surface area contributed by atoms with E-state index in [0.29, 0.717) is 0 Å². The van der Waals surface area contributed by atoms with Crippen LogP contribution in [0.1, 0.15) is 37.0 Å². The molecule has 0 bridgehead atoms. The van der Waals surface area contributed by atoms with E-state index in [0.717, 1.165) is 18.9 Å². The minimum Gasteiger partial charge on any atom is -0.452 e. The molecule has 1 unspecified atom stereocenters. The molecule has 0 saturated carbocycles. The molecule has 0 saturated heterocycles. The number of hydrogen-bond donors (Lipinski definition) is 2. The molecule has 9 heteroatoms. The van der Waals surface area contributed by atoms with Gasteiger partial charge in [-0.25, -0.2) is 17.9 Å². The van der Waals surface area contributed by atoms with Crippen LogP contribution in [0.15, 0.2) is 23.1 Å². The van der Waals surface area contributed by atoms with Crippen molar-refractivity contribution in [3.8, 4) is 0 Å². The molecule has 134 valence electrons. The van der Waals surface area contributed by atoms with Crippen molar-refractivity contribution in [3.05, 3.63) is 28.8 Å². The molecular formula is C15H21ClN2O5S. The normalized spacial score (nSPS) is 12.5. The summed E-state index contributed by atoms with van der Waals surface area (Å²) in [6.45, 7) is 3.42. The molecule has 7 nitrogen and oxygen atoms in total. The van der Waals surface area contributed by atoms with Crippen LogP contribution in [-0.2, 0) is 19.6 Å². The van der Waals surface area contributed by atoms with Gasteiger partial charge in [0.1, 0.15) is 4.90 Å². The van der Waals surface area contributed by atoms with Gasteiger partial charge in [-0.05, 0) is 38.6 Å². The van der Waals surface area contributed by atoms with Gasteiger partial charge in [-0.1, -0.05) is 24.9 Å². The largest absolute Gasteiger partial charge is 0.452 e. The van der Waals surface area contributed by atoms with Crippen LogP contribution < -0.4 is 10.0 Å². The molecule has 0 heterocycles. The molecule has 0 aliphatic heterocycles. The molecule has 1 atom stereocenters. The maximum atomic E-state index is 12.0. The van der Waals surface area contributed by atoms with Gasteiger partial charge < -0.3 is 10.1 Å². The van der Waals surface area contributed by atoms with E-state index in [9.17, 15) is 18.0 Å².